The van der Waals surface area contributed by atoms with Crippen molar-refractivity contribution < 1.29 is 44.0 Å². The van der Waals surface area contributed by atoms with Gasteiger partial charge in [-0.05, 0) is 36.4 Å². The highest BCUT2D eigenvalue weighted by molar-refractivity contribution is 7.90. The van der Waals surface area contributed by atoms with Gasteiger partial charge in [0.15, 0.2) is 15.6 Å². The van der Waals surface area contributed by atoms with Crippen LogP contribution in [0.5, 0.6) is 0 Å². The minimum Gasteiger partial charge on any atom is -0.459 e. The van der Waals surface area contributed by atoms with Crippen LogP contribution in [0.15, 0.2) is 70.2 Å². The van der Waals surface area contributed by atoms with Crippen LogP contribution >= 0.6 is 0 Å². The number of alkyl halides is 6. The largest absolute Gasteiger partial charge is 0.459 e. The Morgan fingerprint density at radius 2 is 1.44 bits per heavy atom. The maximum atomic E-state index is 13.0. The van der Waals surface area contributed by atoms with E-state index < -0.39 is 56.4 Å². The molecule has 170 valence electrons. The number of anilines is 1. The standard InChI is InChI=1S/C20H13F6NO4S/c21-19(22,23)13-8-14(20(24,25)26)10-15(9-13)27-18(28)17-12(6-7-31-17)11-32(29,30)16-4-2-1-3-5-16/h1-10H,11H2,(H,27,28). The Balaban J connectivity index is 1.90. The van der Waals surface area contributed by atoms with Crippen molar-refractivity contribution in [2.45, 2.75) is 23.0 Å². The number of carbonyl (C=O) groups excluding carboxylic acids is 1. The minimum absolute atomic E-state index is 0.0414. The lowest BCUT2D eigenvalue weighted by molar-refractivity contribution is -0.143. The zero-order valence-corrected chi connectivity index (χ0v) is 16.6. The smallest absolute Gasteiger partial charge is 0.416 e. The van der Waals surface area contributed by atoms with Crippen LogP contribution in [-0.4, -0.2) is 14.3 Å². The van der Waals surface area contributed by atoms with E-state index in [1.807, 2.05) is 5.32 Å². The first-order valence-corrected chi connectivity index (χ1v) is 10.4. The van der Waals surface area contributed by atoms with Crippen LogP contribution in [0.2, 0.25) is 0 Å². The fourth-order valence-electron chi connectivity index (χ4n) is 2.78. The van der Waals surface area contributed by atoms with E-state index in [1.54, 1.807) is 6.07 Å². The third-order valence-electron chi connectivity index (χ3n) is 4.25. The van der Waals surface area contributed by atoms with Gasteiger partial charge >= 0.3 is 12.4 Å². The summed E-state index contributed by atoms with van der Waals surface area (Å²) in [7, 11) is -3.90. The molecule has 2 aromatic carbocycles. The van der Waals surface area contributed by atoms with Gasteiger partial charge in [-0.2, -0.15) is 26.3 Å². The highest BCUT2D eigenvalue weighted by Crippen LogP contribution is 2.37. The summed E-state index contributed by atoms with van der Waals surface area (Å²) in [5.74, 6) is -2.44. The van der Waals surface area contributed by atoms with Crippen LogP contribution in [0.1, 0.15) is 27.2 Å². The molecule has 0 atom stereocenters. The lowest BCUT2D eigenvalue weighted by Gasteiger charge is -2.14. The number of hydrogen-bond acceptors (Lipinski definition) is 4. The summed E-state index contributed by atoms with van der Waals surface area (Å²) in [6.07, 6.45) is -9.21. The van der Waals surface area contributed by atoms with E-state index in [0.717, 1.165) is 6.26 Å². The summed E-state index contributed by atoms with van der Waals surface area (Å²) in [5.41, 5.74) is -4.14. The number of benzene rings is 2. The van der Waals surface area contributed by atoms with Crippen molar-refractivity contribution in [1.29, 1.82) is 0 Å². The molecule has 0 radical (unpaired) electrons. The molecule has 1 heterocycles. The highest BCUT2D eigenvalue weighted by atomic mass is 32.2. The van der Waals surface area contributed by atoms with Crippen LogP contribution in [0, 0.1) is 0 Å². The van der Waals surface area contributed by atoms with Gasteiger partial charge in [0, 0.05) is 11.3 Å². The van der Waals surface area contributed by atoms with Gasteiger partial charge in [-0.15, -0.1) is 0 Å². The van der Waals surface area contributed by atoms with Crippen LogP contribution in [-0.2, 0) is 27.9 Å². The number of halogens is 6. The van der Waals surface area contributed by atoms with Crippen LogP contribution < -0.4 is 5.32 Å². The van der Waals surface area contributed by atoms with E-state index in [0.29, 0.717) is 12.1 Å². The van der Waals surface area contributed by atoms with Gasteiger partial charge in [0.1, 0.15) is 0 Å². The molecule has 1 aromatic heterocycles. The number of carbonyl (C=O) groups is 1. The molecule has 5 nitrogen and oxygen atoms in total. The lowest BCUT2D eigenvalue weighted by atomic mass is 10.1. The number of furan rings is 1. The first-order valence-electron chi connectivity index (χ1n) is 8.72. The molecule has 3 aromatic rings. The maximum absolute atomic E-state index is 13.0. The third-order valence-corrected chi connectivity index (χ3v) is 5.93. The molecule has 12 heteroatoms. The fraction of sp³-hybridized carbons (Fsp3) is 0.150. The van der Waals surface area contributed by atoms with Crippen molar-refractivity contribution in [2.24, 2.45) is 0 Å². The summed E-state index contributed by atoms with van der Waals surface area (Å²) >= 11 is 0. The molecule has 32 heavy (non-hydrogen) atoms. The van der Waals surface area contributed by atoms with Crippen molar-refractivity contribution in [2.75, 3.05) is 5.32 Å². The maximum Gasteiger partial charge on any atom is 0.416 e. The molecule has 0 spiro atoms. The van der Waals surface area contributed by atoms with Crippen LogP contribution in [0.3, 0.4) is 0 Å². The molecule has 0 fully saturated rings. The molecule has 0 saturated carbocycles. The Labute approximate surface area is 177 Å². The Hall–Kier alpha value is -3.28. The zero-order valence-electron chi connectivity index (χ0n) is 15.8. The summed E-state index contributed by atoms with van der Waals surface area (Å²) in [4.78, 5) is 12.4. The predicted octanol–water partition coefficient (Wildman–Crippen LogP) is 5.54. The van der Waals surface area contributed by atoms with Crippen LogP contribution in [0.25, 0.3) is 0 Å². The van der Waals surface area contributed by atoms with E-state index in [2.05, 4.69) is 0 Å². The van der Waals surface area contributed by atoms with Crippen molar-refractivity contribution >= 4 is 21.4 Å². The first kappa shape index (κ1) is 23.4. The molecule has 0 aliphatic rings. The Kier molecular flexibility index (Phi) is 6.09. The molecule has 0 unspecified atom stereocenters. The Morgan fingerprint density at radius 1 is 0.875 bits per heavy atom. The average Bonchev–Trinajstić information content (AvgIpc) is 3.14. The number of amides is 1. The van der Waals surface area contributed by atoms with Gasteiger partial charge in [0.25, 0.3) is 5.91 Å². The highest BCUT2D eigenvalue weighted by Gasteiger charge is 2.37. The normalized spacial score (nSPS) is 12.6. The first-order chi connectivity index (χ1) is 14.8. The second-order valence-corrected chi connectivity index (χ2v) is 8.59. The summed E-state index contributed by atoms with van der Waals surface area (Å²) < 4.78 is 108. The van der Waals surface area contributed by atoms with Crippen molar-refractivity contribution in [1.82, 2.24) is 0 Å². The van der Waals surface area contributed by atoms with Crippen LogP contribution in [0.4, 0.5) is 32.0 Å². The molecule has 1 amide bonds. The van der Waals surface area contributed by atoms with Crippen molar-refractivity contribution in [3.63, 3.8) is 0 Å². The molecule has 0 aliphatic heterocycles. The van der Waals surface area contributed by atoms with Gasteiger partial charge in [0.05, 0.1) is 28.0 Å². The molecular weight excluding hydrogens is 464 g/mol. The topological polar surface area (TPSA) is 76.4 Å². The van der Waals surface area contributed by atoms with Crippen molar-refractivity contribution in [3.8, 4) is 0 Å². The number of nitrogens with one attached hydrogen (secondary N) is 1. The molecular formula is C20H13F6NO4S. The van der Waals surface area contributed by atoms with Gasteiger partial charge < -0.3 is 9.73 Å². The average molecular weight is 477 g/mol. The summed E-state index contributed by atoms with van der Waals surface area (Å²) in [5, 5.41) is 1.91. The number of hydrogen-bond donors (Lipinski definition) is 1. The summed E-state index contributed by atoms with van der Waals surface area (Å²) in [6.45, 7) is 0. The molecule has 1 N–H and O–H groups in total. The Bertz CT molecular complexity index is 1200. The molecule has 0 bridgehead atoms. The van der Waals surface area contributed by atoms with E-state index in [-0.39, 0.29) is 16.5 Å². The third kappa shape index (κ3) is 5.31. The van der Waals surface area contributed by atoms with Gasteiger partial charge in [-0.25, -0.2) is 8.42 Å². The number of sulfone groups is 1. The van der Waals surface area contributed by atoms with E-state index in [4.69, 9.17) is 4.42 Å². The Morgan fingerprint density at radius 3 is 1.97 bits per heavy atom. The SMILES string of the molecule is O=C(Nc1cc(C(F)(F)F)cc(C(F)(F)F)c1)c1occc1CS(=O)(=O)c1ccccc1. The van der Waals surface area contributed by atoms with E-state index >= 15 is 0 Å². The van der Waals surface area contributed by atoms with Gasteiger partial charge in [-0.3, -0.25) is 4.79 Å². The molecule has 3 rings (SSSR count). The van der Waals surface area contributed by atoms with Gasteiger partial charge in [-0.1, -0.05) is 18.2 Å². The fourth-order valence-corrected chi connectivity index (χ4v) is 4.15. The van der Waals surface area contributed by atoms with E-state index in [1.165, 1.54) is 30.3 Å². The monoisotopic (exact) mass is 477 g/mol. The predicted molar refractivity (Wildman–Crippen MR) is 100 cm³/mol. The number of rotatable bonds is 5. The van der Waals surface area contributed by atoms with E-state index in [9.17, 15) is 39.6 Å². The summed E-state index contributed by atoms with van der Waals surface area (Å²) in [6, 6.07) is 8.98. The van der Waals surface area contributed by atoms with Gasteiger partial charge in [0.2, 0.25) is 0 Å². The quantitative estimate of drug-likeness (QED) is 0.490. The lowest BCUT2D eigenvalue weighted by Crippen LogP contribution is -2.17. The molecule has 0 saturated heterocycles. The minimum atomic E-state index is -5.10. The second kappa shape index (κ2) is 8.34. The zero-order chi connectivity index (χ0) is 23.7. The second-order valence-electron chi connectivity index (χ2n) is 6.60. The van der Waals surface area contributed by atoms with Crippen molar-refractivity contribution in [3.05, 3.63) is 83.3 Å². The molecule has 0 aliphatic carbocycles.